The van der Waals surface area contributed by atoms with E-state index in [4.69, 9.17) is 0 Å². The van der Waals surface area contributed by atoms with Crippen molar-refractivity contribution in [1.29, 1.82) is 0 Å². The second-order valence-electron chi connectivity index (χ2n) is 5.70. The highest BCUT2D eigenvalue weighted by Crippen LogP contribution is 2.07. The minimum absolute atomic E-state index is 0. The first-order chi connectivity index (χ1) is 10.4. The fourth-order valence-electron chi connectivity index (χ4n) is 2.64. The summed E-state index contributed by atoms with van der Waals surface area (Å²) in [6.07, 6.45) is 18.1. The van der Waals surface area contributed by atoms with Crippen LogP contribution in [0.25, 0.3) is 0 Å². The van der Waals surface area contributed by atoms with Crippen LogP contribution in [-0.4, -0.2) is 0 Å². The summed E-state index contributed by atoms with van der Waals surface area (Å²) in [5, 5.41) is 0. The summed E-state index contributed by atoms with van der Waals surface area (Å²) in [6, 6.07) is 12.6. The third-order valence-corrected chi connectivity index (χ3v) is 3.89. The molecule has 0 radical (unpaired) electrons. The molecule has 2 nitrogen and oxygen atoms in total. The fraction of sp³-hybridized carbons (Fsp3) is 0.474. The summed E-state index contributed by atoms with van der Waals surface area (Å²) in [7, 11) is 0. The average Bonchev–Trinajstić information content (AvgIpc) is 2.55. The summed E-state index contributed by atoms with van der Waals surface area (Å²) >= 11 is 0. The minimum atomic E-state index is 0. The quantitative estimate of drug-likeness (QED) is 0.288. The average molecular weight is 444 g/mol. The number of aryl methyl sites for hydroxylation is 2. The molecule has 128 valence electrons. The van der Waals surface area contributed by atoms with Gasteiger partial charge in [-0.15, -0.1) is 0 Å². The maximum Gasteiger partial charge on any atom is 0.168 e. The first kappa shape index (κ1) is 22.3. The largest absolute Gasteiger partial charge is 1.00 e. The van der Waals surface area contributed by atoms with Gasteiger partial charge in [0.05, 0.1) is 0 Å². The van der Waals surface area contributed by atoms with Gasteiger partial charge in [-0.2, -0.15) is 0 Å². The van der Waals surface area contributed by atoms with Gasteiger partial charge in [-0.25, -0.2) is 9.13 Å². The van der Waals surface area contributed by atoms with Crippen LogP contribution in [0.3, 0.4) is 0 Å². The molecule has 0 aromatic carbocycles. The van der Waals surface area contributed by atoms with Crippen LogP contribution in [0.4, 0.5) is 0 Å². The molecule has 4 heteroatoms. The van der Waals surface area contributed by atoms with E-state index in [0.717, 1.165) is 13.1 Å². The molecular formula is C19H28Br2N2. The Morgan fingerprint density at radius 3 is 1.04 bits per heavy atom. The maximum atomic E-state index is 2.27. The number of unbranched alkanes of at least 4 members (excludes halogenated alkanes) is 6. The van der Waals surface area contributed by atoms with Crippen LogP contribution in [0.15, 0.2) is 61.2 Å². The Labute approximate surface area is 162 Å². The maximum absolute atomic E-state index is 2.27. The lowest BCUT2D eigenvalue weighted by atomic mass is 10.1. The summed E-state index contributed by atoms with van der Waals surface area (Å²) in [5.41, 5.74) is 0. The molecule has 2 aromatic heterocycles. The number of nitrogens with zero attached hydrogens (tertiary/aromatic N) is 2. The van der Waals surface area contributed by atoms with Gasteiger partial charge in [0.2, 0.25) is 0 Å². The predicted molar refractivity (Wildman–Crippen MR) is 85.6 cm³/mol. The highest BCUT2D eigenvalue weighted by atomic mass is 79.9. The molecule has 0 aliphatic heterocycles. The molecule has 2 heterocycles. The van der Waals surface area contributed by atoms with E-state index in [9.17, 15) is 0 Å². The van der Waals surface area contributed by atoms with Gasteiger partial charge in [0.15, 0.2) is 24.8 Å². The van der Waals surface area contributed by atoms with E-state index in [2.05, 4.69) is 70.3 Å². The lowest BCUT2D eigenvalue weighted by Crippen LogP contribution is -3.00. The zero-order valence-corrected chi connectivity index (χ0v) is 17.0. The minimum Gasteiger partial charge on any atom is -1.00 e. The molecule has 0 saturated heterocycles. The third-order valence-electron chi connectivity index (χ3n) is 3.89. The summed E-state index contributed by atoms with van der Waals surface area (Å²) in [4.78, 5) is 0. The van der Waals surface area contributed by atoms with Gasteiger partial charge in [0.25, 0.3) is 0 Å². The van der Waals surface area contributed by atoms with Crippen molar-refractivity contribution in [3.8, 4) is 0 Å². The lowest BCUT2D eigenvalue weighted by molar-refractivity contribution is -0.697. The van der Waals surface area contributed by atoms with Gasteiger partial charge in [0.1, 0.15) is 13.1 Å². The summed E-state index contributed by atoms with van der Waals surface area (Å²) in [5.74, 6) is 0. The van der Waals surface area contributed by atoms with Gasteiger partial charge in [-0.1, -0.05) is 31.4 Å². The van der Waals surface area contributed by atoms with E-state index in [0.29, 0.717) is 0 Å². The van der Waals surface area contributed by atoms with Crippen molar-refractivity contribution in [1.82, 2.24) is 0 Å². The molecule has 0 atom stereocenters. The van der Waals surface area contributed by atoms with Gasteiger partial charge in [0, 0.05) is 37.1 Å². The summed E-state index contributed by atoms with van der Waals surface area (Å²) in [6.45, 7) is 2.32. The molecule has 0 saturated carbocycles. The topological polar surface area (TPSA) is 7.76 Å². The number of pyridine rings is 2. The van der Waals surface area contributed by atoms with E-state index < -0.39 is 0 Å². The standard InChI is InChI=1S/C19H28N2.2BrH/c1(2-4-8-14-20-16-10-6-11-17-20)3-5-9-15-21-18-12-7-13-19-21;;/h6-7,10-13,16-19H,1-5,8-9,14-15H2;2*1H/q+2;;/p-2. The van der Waals surface area contributed by atoms with Crippen LogP contribution < -0.4 is 43.1 Å². The molecule has 0 fully saturated rings. The van der Waals surface area contributed by atoms with Crippen LogP contribution in [0.2, 0.25) is 0 Å². The zero-order chi connectivity index (χ0) is 14.6. The Hall–Kier alpha value is -0.740. The van der Waals surface area contributed by atoms with E-state index in [1.165, 1.54) is 44.9 Å². The zero-order valence-electron chi connectivity index (χ0n) is 13.8. The Morgan fingerprint density at radius 1 is 0.391 bits per heavy atom. The SMILES string of the molecule is [Br-].[Br-].c1cc[n+](CCCCCCCCC[n+]2ccccc2)cc1. The molecule has 0 aliphatic carbocycles. The number of rotatable bonds is 10. The highest BCUT2D eigenvalue weighted by Gasteiger charge is 1.99. The molecule has 2 rings (SSSR count). The van der Waals surface area contributed by atoms with Gasteiger partial charge < -0.3 is 34.0 Å². The summed E-state index contributed by atoms with van der Waals surface area (Å²) < 4.78 is 4.55. The van der Waals surface area contributed by atoms with Crippen molar-refractivity contribution in [3.05, 3.63) is 61.2 Å². The first-order valence-corrected chi connectivity index (χ1v) is 8.33. The van der Waals surface area contributed by atoms with Crippen LogP contribution in [0.5, 0.6) is 0 Å². The van der Waals surface area contributed by atoms with Crippen LogP contribution in [0, 0.1) is 0 Å². The molecule has 0 bridgehead atoms. The Balaban J connectivity index is 0.00000242. The molecule has 0 N–H and O–H groups in total. The normalized spacial score (nSPS) is 9.74. The van der Waals surface area contributed by atoms with Crippen molar-refractivity contribution < 1.29 is 43.1 Å². The van der Waals surface area contributed by atoms with Gasteiger partial charge in [-0.3, -0.25) is 0 Å². The van der Waals surface area contributed by atoms with Gasteiger partial charge in [-0.05, 0) is 12.8 Å². The van der Waals surface area contributed by atoms with Gasteiger partial charge >= 0.3 is 0 Å². The smallest absolute Gasteiger partial charge is 0.168 e. The Morgan fingerprint density at radius 2 is 0.696 bits per heavy atom. The van der Waals surface area contributed by atoms with Crippen molar-refractivity contribution >= 4 is 0 Å². The van der Waals surface area contributed by atoms with E-state index in [-0.39, 0.29) is 34.0 Å². The molecule has 2 aromatic rings. The van der Waals surface area contributed by atoms with E-state index in [1.54, 1.807) is 0 Å². The Bertz CT molecular complexity index is 432. The molecule has 0 spiro atoms. The molecule has 0 unspecified atom stereocenters. The number of halogens is 2. The molecule has 0 aliphatic rings. The molecule has 23 heavy (non-hydrogen) atoms. The van der Waals surface area contributed by atoms with E-state index in [1.807, 2.05) is 0 Å². The first-order valence-electron chi connectivity index (χ1n) is 8.33. The number of hydrogen-bond donors (Lipinski definition) is 0. The van der Waals surface area contributed by atoms with Crippen LogP contribution in [-0.2, 0) is 13.1 Å². The molecular weight excluding hydrogens is 416 g/mol. The second kappa shape index (κ2) is 14.8. The number of aromatic nitrogens is 2. The van der Waals surface area contributed by atoms with Crippen LogP contribution >= 0.6 is 0 Å². The van der Waals surface area contributed by atoms with Crippen molar-refractivity contribution in [2.45, 2.75) is 58.0 Å². The third kappa shape index (κ3) is 10.6. The van der Waals surface area contributed by atoms with Crippen LogP contribution in [0.1, 0.15) is 44.9 Å². The van der Waals surface area contributed by atoms with Crippen molar-refractivity contribution in [3.63, 3.8) is 0 Å². The van der Waals surface area contributed by atoms with Crippen molar-refractivity contribution in [2.24, 2.45) is 0 Å². The van der Waals surface area contributed by atoms with Crippen molar-refractivity contribution in [2.75, 3.05) is 0 Å². The lowest BCUT2D eigenvalue weighted by Gasteiger charge is -2.00. The van der Waals surface area contributed by atoms with E-state index >= 15 is 0 Å². The monoisotopic (exact) mass is 442 g/mol. The predicted octanol–water partition coefficient (Wildman–Crippen LogP) is -2.30. The fourth-order valence-corrected chi connectivity index (χ4v) is 2.64. The molecule has 0 amide bonds. The second-order valence-corrected chi connectivity index (χ2v) is 5.70. The Kier molecular flexibility index (Phi) is 14.4. The highest BCUT2D eigenvalue weighted by molar-refractivity contribution is 4.84. The number of hydrogen-bond acceptors (Lipinski definition) is 0.